The van der Waals surface area contributed by atoms with Gasteiger partial charge in [-0.2, -0.15) is 0 Å². The van der Waals surface area contributed by atoms with Gasteiger partial charge in [-0.05, 0) is 30.9 Å². The summed E-state index contributed by atoms with van der Waals surface area (Å²) < 4.78 is 4.68. The zero-order chi connectivity index (χ0) is 13.0. The van der Waals surface area contributed by atoms with E-state index in [1.54, 1.807) is 24.3 Å². The molecule has 1 aliphatic carbocycles. The van der Waals surface area contributed by atoms with Gasteiger partial charge >= 0.3 is 5.97 Å². The molecule has 1 aliphatic rings. The maximum atomic E-state index is 11.8. The van der Waals surface area contributed by atoms with E-state index in [0.29, 0.717) is 23.6 Å². The number of para-hydroxylation sites is 1. The minimum Gasteiger partial charge on any atom is -0.465 e. The van der Waals surface area contributed by atoms with Crippen LogP contribution >= 0.6 is 0 Å². The van der Waals surface area contributed by atoms with E-state index in [0.717, 1.165) is 12.8 Å². The van der Waals surface area contributed by atoms with Gasteiger partial charge in [-0.3, -0.25) is 4.79 Å². The van der Waals surface area contributed by atoms with Gasteiger partial charge in [-0.15, -0.1) is 0 Å². The van der Waals surface area contributed by atoms with Crippen LogP contribution in [-0.2, 0) is 9.53 Å². The van der Waals surface area contributed by atoms with Crippen LogP contribution in [-0.4, -0.2) is 19.0 Å². The molecule has 1 N–H and O–H groups in total. The van der Waals surface area contributed by atoms with E-state index in [1.165, 1.54) is 13.5 Å². The maximum Gasteiger partial charge on any atom is 0.339 e. The normalized spacial score (nSPS) is 14.7. The molecule has 0 bridgehead atoms. The molecule has 0 radical (unpaired) electrons. The molecular weight excluding hydrogens is 230 g/mol. The van der Waals surface area contributed by atoms with Crippen molar-refractivity contribution in [2.24, 2.45) is 5.92 Å². The number of methoxy groups -OCH3 is 1. The number of esters is 1. The van der Waals surface area contributed by atoms with Crippen molar-refractivity contribution < 1.29 is 14.3 Å². The van der Waals surface area contributed by atoms with E-state index in [1.807, 2.05) is 0 Å². The van der Waals surface area contributed by atoms with Gasteiger partial charge < -0.3 is 10.1 Å². The van der Waals surface area contributed by atoms with Crippen molar-refractivity contribution in [3.63, 3.8) is 0 Å². The van der Waals surface area contributed by atoms with Crippen LogP contribution < -0.4 is 5.32 Å². The van der Waals surface area contributed by atoms with Crippen LogP contribution in [0.1, 0.15) is 36.0 Å². The highest BCUT2D eigenvalue weighted by Gasteiger charge is 2.21. The van der Waals surface area contributed by atoms with Gasteiger partial charge in [-0.25, -0.2) is 4.79 Å². The molecule has 1 fully saturated rings. The number of anilines is 1. The Balaban J connectivity index is 2.03. The van der Waals surface area contributed by atoms with Gasteiger partial charge in [0.25, 0.3) is 0 Å². The summed E-state index contributed by atoms with van der Waals surface area (Å²) in [7, 11) is 1.33. The topological polar surface area (TPSA) is 55.4 Å². The lowest BCUT2D eigenvalue weighted by atomic mass is 9.83. The minimum absolute atomic E-state index is 0.0314. The van der Waals surface area contributed by atoms with Crippen molar-refractivity contribution >= 4 is 17.6 Å². The number of rotatable bonds is 4. The predicted molar refractivity (Wildman–Crippen MR) is 68.4 cm³/mol. The molecule has 1 aromatic carbocycles. The molecule has 4 nitrogen and oxygen atoms in total. The predicted octanol–water partition coefficient (Wildman–Crippen LogP) is 2.60. The summed E-state index contributed by atoms with van der Waals surface area (Å²) in [6, 6.07) is 6.88. The molecule has 0 atom stereocenters. The summed E-state index contributed by atoms with van der Waals surface area (Å²) in [5.74, 6) is 0.0425. The largest absolute Gasteiger partial charge is 0.465 e. The van der Waals surface area contributed by atoms with E-state index in [-0.39, 0.29) is 5.91 Å². The number of nitrogens with one attached hydrogen (secondary N) is 1. The summed E-state index contributed by atoms with van der Waals surface area (Å²) in [4.78, 5) is 23.3. The molecule has 96 valence electrons. The average Bonchev–Trinajstić information content (AvgIpc) is 2.34. The molecule has 4 heteroatoms. The first kappa shape index (κ1) is 12.6. The van der Waals surface area contributed by atoms with Crippen molar-refractivity contribution in [2.75, 3.05) is 12.4 Å². The Kier molecular flexibility index (Phi) is 3.97. The molecule has 0 spiro atoms. The molecule has 1 saturated carbocycles. The fourth-order valence-electron chi connectivity index (χ4n) is 2.04. The van der Waals surface area contributed by atoms with Crippen LogP contribution in [0.2, 0.25) is 0 Å². The summed E-state index contributed by atoms with van der Waals surface area (Å²) in [5, 5.41) is 2.79. The summed E-state index contributed by atoms with van der Waals surface area (Å²) in [5.41, 5.74) is 0.913. The first-order valence-electron chi connectivity index (χ1n) is 6.18. The summed E-state index contributed by atoms with van der Waals surface area (Å²) in [6.07, 6.45) is 4.02. The molecule has 1 aromatic rings. The number of ether oxygens (including phenoxy) is 1. The van der Waals surface area contributed by atoms with E-state index in [2.05, 4.69) is 10.1 Å². The highest BCUT2D eigenvalue weighted by molar-refractivity contribution is 6.01. The van der Waals surface area contributed by atoms with Gasteiger partial charge in [0.2, 0.25) is 5.91 Å². The third kappa shape index (κ3) is 2.88. The molecule has 1 amide bonds. The van der Waals surface area contributed by atoms with Crippen LogP contribution in [0.15, 0.2) is 24.3 Å². The number of amides is 1. The Morgan fingerprint density at radius 1 is 1.33 bits per heavy atom. The van der Waals surface area contributed by atoms with Gasteiger partial charge in [0.15, 0.2) is 0 Å². The second-order valence-corrected chi connectivity index (χ2v) is 4.59. The number of carbonyl (C=O) groups excluding carboxylic acids is 2. The van der Waals surface area contributed by atoms with Gasteiger partial charge in [0.05, 0.1) is 18.4 Å². The molecule has 0 saturated heterocycles. The molecule has 0 aliphatic heterocycles. The van der Waals surface area contributed by atoms with Crippen LogP contribution in [0.5, 0.6) is 0 Å². The Morgan fingerprint density at radius 2 is 2.06 bits per heavy atom. The Hall–Kier alpha value is -1.84. The Bertz CT molecular complexity index is 452. The molecule has 0 unspecified atom stereocenters. The molecule has 0 aromatic heterocycles. The van der Waals surface area contributed by atoms with Crippen molar-refractivity contribution in [3.05, 3.63) is 29.8 Å². The van der Waals surface area contributed by atoms with E-state index in [9.17, 15) is 9.59 Å². The second kappa shape index (κ2) is 5.67. The zero-order valence-electron chi connectivity index (χ0n) is 10.4. The number of benzene rings is 1. The highest BCUT2D eigenvalue weighted by atomic mass is 16.5. The van der Waals surface area contributed by atoms with Crippen LogP contribution in [0.3, 0.4) is 0 Å². The summed E-state index contributed by atoms with van der Waals surface area (Å²) in [6.45, 7) is 0. The SMILES string of the molecule is COC(=O)c1ccccc1NC(=O)CC1CCC1. The molecule has 2 rings (SSSR count). The zero-order valence-corrected chi connectivity index (χ0v) is 10.4. The molecule has 0 heterocycles. The van der Waals surface area contributed by atoms with Crippen molar-refractivity contribution in [3.8, 4) is 0 Å². The standard InChI is InChI=1S/C14H17NO3/c1-18-14(17)11-7-2-3-8-12(11)15-13(16)9-10-5-4-6-10/h2-3,7-8,10H,4-6,9H2,1H3,(H,15,16). The molecule has 18 heavy (non-hydrogen) atoms. The van der Waals surface area contributed by atoms with Gasteiger partial charge in [0, 0.05) is 6.42 Å². The summed E-state index contributed by atoms with van der Waals surface area (Å²) >= 11 is 0. The lowest BCUT2D eigenvalue weighted by Crippen LogP contribution is -2.22. The second-order valence-electron chi connectivity index (χ2n) is 4.59. The van der Waals surface area contributed by atoms with E-state index in [4.69, 9.17) is 0 Å². The van der Waals surface area contributed by atoms with E-state index >= 15 is 0 Å². The van der Waals surface area contributed by atoms with E-state index < -0.39 is 5.97 Å². The van der Waals surface area contributed by atoms with Crippen LogP contribution in [0.4, 0.5) is 5.69 Å². The minimum atomic E-state index is -0.436. The number of hydrogen-bond acceptors (Lipinski definition) is 3. The third-order valence-electron chi connectivity index (χ3n) is 3.31. The fraction of sp³-hybridized carbons (Fsp3) is 0.429. The quantitative estimate of drug-likeness (QED) is 0.832. The van der Waals surface area contributed by atoms with Gasteiger partial charge in [0.1, 0.15) is 0 Å². The maximum absolute atomic E-state index is 11.8. The number of carbonyl (C=O) groups is 2. The lowest BCUT2D eigenvalue weighted by molar-refractivity contribution is -0.117. The Morgan fingerprint density at radius 3 is 2.67 bits per heavy atom. The van der Waals surface area contributed by atoms with Gasteiger partial charge in [-0.1, -0.05) is 18.6 Å². The lowest BCUT2D eigenvalue weighted by Gasteiger charge is -2.24. The Labute approximate surface area is 106 Å². The first-order chi connectivity index (χ1) is 8.70. The fourth-order valence-corrected chi connectivity index (χ4v) is 2.04. The monoisotopic (exact) mass is 247 g/mol. The van der Waals surface area contributed by atoms with Crippen LogP contribution in [0.25, 0.3) is 0 Å². The van der Waals surface area contributed by atoms with Crippen molar-refractivity contribution in [1.29, 1.82) is 0 Å². The van der Waals surface area contributed by atoms with Crippen LogP contribution in [0, 0.1) is 5.92 Å². The number of hydrogen-bond donors (Lipinski definition) is 1. The average molecular weight is 247 g/mol. The van der Waals surface area contributed by atoms with Crippen molar-refractivity contribution in [1.82, 2.24) is 0 Å². The first-order valence-corrected chi connectivity index (χ1v) is 6.18. The third-order valence-corrected chi connectivity index (χ3v) is 3.31. The smallest absolute Gasteiger partial charge is 0.339 e. The molecular formula is C14H17NO3. The van der Waals surface area contributed by atoms with Crippen molar-refractivity contribution in [2.45, 2.75) is 25.7 Å². The highest BCUT2D eigenvalue weighted by Crippen LogP contribution is 2.29.